The molecule has 0 saturated heterocycles. The molecule has 25 heavy (non-hydrogen) atoms. The summed E-state index contributed by atoms with van der Waals surface area (Å²) in [7, 11) is 0. The lowest BCUT2D eigenvalue weighted by Crippen LogP contribution is -2.32. The second-order valence-corrected chi connectivity index (χ2v) is 6.52. The van der Waals surface area contributed by atoms with Crippen LogP contribution in [0.2, 0.25) is 0 Å². The van der Waals surface area contributed by atoms with Gasteiger partial charge in [0.1, 0.15) is 6.54 Å². The van der Waals surface area contributed by atoms with Crippen molar-refractivity contribution >= 4 is 33.6 Å². The normalized spacial score (nSPS) is 10.4. The van der Waals surface area contributed by atoms with E-state index in [2.05, 4.69) is 21.2 Å². The second kappa shape index (κ2) is 8.58. The van der Waals surface area contributed by atoms with Gasteiger partial charge in [0.15, 0.2) is 5.78 Å². The predicted octanol–water partition coefficient (Wildman–Crippen LogP) is 3.36. The Hall–Kier alpha value is -2.47. The Balaban J connectivity index is 2.17. The maximum atomic E-state index is 12.7. The number of hydrogen-bond donors (Lipinski definition) is 1. The maximum absolute atomic E-state index is 12.7. The van der Waals surface area contributed by atoms with Crippen LogP contribution in [0.5, 0.6) is 0 Å². The van der Waals surface area contributed by atoms with Crippen LogP contribution in [0.1, 0.15) is 40.1 Å². The van der Waals surface area contributed by atoms with E-state index < -0.39 is 11.9 Å². The molecule has 0 bridgehead atoms. The molecule has 0 saturated carbocycles. The highest BCUT2D eigenvalue weighted by atomic mass is 79.9. The summed E-state index contributed by atoms with van der Waals surface area (Å²) in [6.45, 7) is 3.20. The lowest BCUT2D eigenvalue weighted by Gasteiger charge is -2.11. The summed E-state index contributed by atoms with van der Waals surface area (Å²) in [5.41, 5.74) is 0.968. The van der Waals surface area contributed by atoms with Crippen molar-refractivity contribution in [3.05, 3.63) is 69.7 Å². The van der Waals surface area contributed by atoms with Crippen LogP contribution in [0.25, 0.3) is 0 Å². The van der Waals surface area contributed by atoms with E-state index in [0.717, 1.165) is 4.47 Å². The lowest BCUT2D eigenvalue weighted by atomic mass is 9.98. The van der Waals surface area contributed by atoms with Crippen molar-refractivity contribution < 1.29 is 19.1 Å². The van der Waals surface area contributed by atoms with Crippen molar-refractivity contribution in [2.24, 2.45) is 0 Å². The van der Waals surface area contributed by atoms with E-state index in [0.29, 0.717) is 5.56 Å². The molecule has 0 aliphatic rings. The minimum Gasteiger partial charge on any atom is -0.462 e. The molecule has 5 nitrogen and oxygen atoms in total. The number of amides is 1. The number of hydrogen-bond acceptors (Lipinski definition) is 4. The molecule has 0 unspecified atom stereocenters. The van der Waals surface area contributed by atoms with Gasteiger partial charge in [-0.25, -0.2) is 0 Å². The molecule has 0 spiro atoms. The molecule has 0 aliphatic carbocycles. The Bertz CT molecular complexity index is 784. The van der Waals surface area contributed by atoms with E-state index in [1.165, 1.54) is 0 Å². The average molecular weight is 404 g/mol. The van der Waals surface area contributed by atoms with Gasteiger partial charge in [-0.3, -0.25) is 14.4 Å². The zero-order valence-electron chi connectivity index (χ0n) is 13.9. The summed E-state index contributed by atoms with van der Waals surface area (Å²) < 4.78 is 5.83. The topological polar surface area (TPSA) is 72.5 Å². The van der Waals surface area contributed by atoms with E-state index in [9.17, 15) is 14.4 Å². The number of halogens is 1. The number of ether oxygens (including phenoxy) is 1. The highest BCUT2D eigenvalue weighted by Crippen LogP contribution is 2.17. The Morgan fingerprint density at radius 3 is 2.20 bits per heavy atom. The fourth-order valence-corrected chi connectivity index (χ4v) is 2.45. The summed E-state index contributed by atoms with van der Waals surface area (Å²) in [6, 6.07) is 13.4. The van der Waals surface area contributed by atoms with Crippen molar-refractivity contribution in [2.45, 2.75) is 20.0 Å². The van der Waals surface area contributed by atoms with E-state index in [1.54, 1.807) is 62.4 Å². The number of benzene rings is 2. The number of carbonyl (C=O) groups is 3. The van der Waals surface area contributed by atoms with Crippen LogP contribution in [0.15, 0.2) is 53.0 Å². The average Bonchev–Trinajstić information content (AvgIpc) is 2.59. The van der Waals surface area contributed by atoms with Crippen LogP contribution in [0.3, 0.4) is 0 Å². The number of rotatable bonds is 6. The summed E-state index contributed by atoms with van der Waals surface area (Å²) >= 11 is 3.32. The van der Waals surface area contributed by atoms with E-state index >= 15 is 0 Å². The van der Waals surface area contributed by atoms with Crippen LogP contribution in [0, 0.1) is 0 Å². The minimum absolute atomic E-state index is 0.216. The van der Waals surface area contributed by atoms with Crippen molar-refractivity contribution in [3.8, 4) is 0 Å². The Labute approximate surface area is 154 Å². The van der Waals surface area contributed by atoms with E-state index in [1.807, 2.05) is 0 Å². The van der Waals surface area contributed by atoms with E-state index in [4.69, 9.17) is 4.74 Å². The molecule has 2 aromatic rings. The fourth-order valence-electron chi connectivity index (χ4n) is 2.19. The molecule has 1 N–H and O–H groups in total. The molecule has 0 aliphatic heterocycles. The van der Waals surface area contributed by atoms with Gasteiger partial charge in [-0.15, -0.1) is 0 Å². The third-order valence-electron chi connectivity index (χ3n) is 3.28. The Kier molecular flexibility index (Phi) is 6.47. The SMILES string of the molecule is CC(C)OC(=O)CNC(=O)c1ccccc1C(=O)c1ccc(Br)cc1. The molecule has 130 valence electrons. The first kappa shape index (κ1) is 18.9. The molecule has 0 radical (unpaired) electrons. The van der Waals surface area contributed by atoms with Crippen molar-refractivity contribution in [1.82, 2.24) is 5.32 Å². The van der Waals surface area contributed by atoms with Crippen molar-refractivity contribution in [1.29, 1.82) is 0 Å². The third-order valence-corrected chi connectivity index (χ3v) is 3.81. The number of carbonyl (C=O) groups excluding carboxylic acids is 3. The van der Waals surface area contributed by atoms with Crippen molar-refractivity contribution in [3.63, 3.8) is 0 Å². The molecule has 0 heterocycles. The Morgan fingerprint density at radius 1 is 1.00 bits per heavy atom. The highest BCUT2D eigenvalue weighted by Gasteiger charge is 2.18. The van der Waals surface area contributed by atoms with Crippen LogP contribution >= 0.6 is 15.9 Å². The smallest absolute Gasteiger partial charge is 0.325 e. The quantitative estimate of drug-likeness (QED) is 0.592. The zero-order valence-corrected chi connectivity index (χ0v) is 15.5. The third kappa shape index (κ3) is 5.26. The number of ketones is 1. The first-order valence-electron chi connectivity index (χ1n) is 7.75. The molecule has 6 heteroatoms. The molecule has 0 aromatic heterocycles. The summed E-state index contributed by atoms with van der Waals surface area (Å²) in [6.07, 6.45) is -0.254. The maximum Gasteiger partial charge on any atom is 0.325 e. The van der Waals surface area contributed by atoms with Crippen molar-refractivity contribution in [2.75, 3.05) is 6.54 Å². The minimum atomic E-state index is -0.528. The first-order valence-corrected chi connectivity index (χ1v) is 8.54. The van der Waals surface area contributed by atoms with Gasteiger partial charge in [-0.1, -0.05) is 34.1 Å². The van der Waals surface area contributed by atoms with Gasteiger partial charge >= 0.3 is 5.97 Å². The summed E-state index contributed by atoms with van der Waals surface area (Å²) in [5.74, 6) is -1.29. The van der Waals surface area contributed by atoms with Gasteiger partial charge in [0.2, 0.25) is 0 Å². The molecular formula is C19H18BrNO4. The van der Waals surface area contributed by atoms with Crippen LogP contribution < -0.4 is 5.32 Å². The first-order chi connectivity index (χ1) is 11.9. The molecule has 0 atom stereocenters. The van der Waals surface area contributed by atoms with Gasteiger partial charge < -0.3 is 10.1 Å². The Morgan fingerprint density at radius 2 is 1.60 bits per heavy atom. The lowest BCUT2D eigenvalue weighted by molar-refractivity contribution is -0.146. The van der Waals surface area contributed by atoms with Gasteiger partial charge in [-0.05, 0) is 44.2 Å². The largest absolute Gasteiger partial charge is 0.462 e. The summed E-state index contributed by atoms with van der Waals surface area (Å²) in [4.78, 5) is 36.6. The molecule has 2 rings (SSSR count). The fraction of sp³-hybridized carbons (Fsp3) is 0.211. The van der Waals surface area contributed by atoms with Crippen LogP contribution in [0.4, 0.5) is 0 Å². The van der Waals surface area contributed by atoms with E-state index in [-0.39, 0.29) is 29.6 Å². The van der Waals surface area contributed by atoms with Gasteiger partial charge in [0.25, 0.3) is 5.91 Å². The second-order valence-electron chi connectivity index (χ2n) is 5.60. The number of esters is 1. The predicted molar refractivity (Wildman–Crippen MR) is 97.6 cm³/mol. The van der Waals surface area contributed by atoms with Gasteiger partial charge in [0.05, 0.1) is 11.7 Å². The van der Waals surface area contributed by atoms with Gasteiger partial charge in [0, 0.05) is 15.6 Å². The number of nitrogens with one attached hydrogen (secondary N) is 1. The summed E-state index contributed by atoms with van der Waals surface area (Å²) in [5, 5.41) is 2.49. The monoisotopic (exact) mass is 403 g/mol. The van der Waals surface area contributed by atoms with Crippen LogP contribution in [-0.2, 0) is 9.53 Å². The molecule has 0 fully saturated rings. The van der Waals surface area contributed by atoms with Crippen LogP contribution in [-0.4, -0.2) is 30.3 Å². The standard InChI is InChI=1S/C19H18BrNO4/c1-12(2)25-17(22)11-21-19(24)16-6-4-3-5-15(16)18(23)13-7-9-14(20)10-8-13/h3-10,12H,11H2,1-2H3,(H,21,24). The zero-order chi connectivity index (χ0) is 18.4. The molecular weight excluding hydrogens is 386 g/mol. The molecule has 2 aromatic carbocycles. The molecule has 1 amide bonds. The van der Waals surface area contributed by atoms with Gasteiger partial charge in [-0.2, -0.15) is 0 Å². The highest BCUT2D eigenvalue weighted by molar-refractivity contribution is 9.10.